The van der Waals surface area contributed by atoms with E-state index in [2.05, 4.69) is 27.9 Å². The molecule has 1 N–H and O–H groups in total. The van der Waals surface area contributed by atoms with E-state index in [1.807, 2.05) is 24.3 Å². The number of rotatable bonds is 2. The molecule has 0 aliphatic carbocycles. The number of anilines is 1. The standard InChI is InChI=1S/C11H8INO2/c12-9-2-1-3-10(6-9)13-11(14)8-4-5-15-7-8/h1-7H,(H,13,14). The quantitative estimate of drug-likeness (QED) is 0.866. The zero-order valence-corrected chi connectivity index (χ0v) is 9.89. The lowest BCUT2D eigenvalue weighted by Crippen LogP contribution is -2.10. The summed E-state index contributed by atoms with van der Waals surface area (Å²) in [5.74, 6) is -0.161. The third-order valence-electron chi connectivity index (χ3n) is 1.87. The zero-order chi connectivity index (χ0) is 10.7. The molecule has 1 heterocycles. The molecule has 1 aromatic carbocycles. The van der Waals surface area contributed by atoms with Gasteiger partial charge in [0.15, 0.2) is 0 Å². The van der Waals surface area contributed by atoms with Crippen molar-refractivity contribution in [2.24, 2.45) is 0 Å². The van der Waals surface area contributed by atoms with E-state index in [1.165, 1.54) is 12.5 Å². The molecule has 0 spiro atoms. The van der Waals surface area contributed by atoms with Crippen molar-refractivity contribution in [3.8, 4) is 0 Å². The van der Waals surface area contributed by atoms with Crippen LogP contribution < -0.4 is 5.32 Å². The van der Waals surface area contributed by atoms with Gasteiger partial charge in [-0.25, -0.2) is 0 Å². The van der Waals surface area contributed by atoms with Crippen LogP contribution in [0.1, 0.15) is 10.4 Å². The molecular formula is C11H8INO2. The van der Waals surface area contributed by atoms with Crippen LogP contribution in [0, 0.1) is 3.57 Å². The second-order valence-corrected chi connectivity index (χ2v) is 4.22. The second kappa shape index (κ2) is 4.48. The van der Waals surface area contributed by atoms with E-state index < -0.39 is 0 Å². The number of hydrogen-bond donors (Lipinski definition) is 1. The lowest BCUT2D eigenvalue weighted by atomic mass is 10.3. The maximum atomic E-state index is 11.6. The van der Waals surface area contributed by atoms with Gasteiger partial charge in [0.1, 0.15) is 6.26 Å². The van der Waals surface area contributed by atoms with E-state index in [1.54, 1.807) is 6.07 Å². The smallest absolute Gasteiger partial charge is 0.258 e. The van der Waals surface area contributed by atoms with Crippen LogP contribution in [0.25, 0.3) is 0 Å². The van der Waals surface area contributed by atoms with Gasteiger partial charge in [0.25, 0.3) is 5.91 Å². The normalized spacial score (nSPS) is 9.93. The van der Waals surface area contributed by atoms with Crippen molar-refractivity contribution >= 4 is 34.2 Å². The summed E-state index contributed by atoms with van der Waals surface area (Å²) in [6.45, 7) is 0. The summed E-state index contributed by atoms with van der Waals surface area (Å²) < 4.78 is 5.92. The highest BCUT2D eigenvalue weighted by Crippen LogP contribution is 2.13. The minimum Gasteiger partial charge on any atom is -0.472 e. The molecule has 0 radical (unpaired) electrons. The summed E-state index contributed by atoms with van der Waals surface area (Å²) in [7, 11) is 0. The van der Waals surface area contributed by atoms with Crippen LogP contribution in [0.3, 0.4) is 0 Å². The Bertz CT molecular complexity index is 465. The first kappa shape index (κ1) is 10.2. The van der Waals surface area contributed by atoms with Crippen molar-refractivity contribution in [3.63, 3.8) is 0 Å². The Morgan fingerprint density at radius 3 is 2.87 bits per heavy atom. The molecule has 3 nitrogen and oxygen atoms in total. The maximum Gasteiger partial charge on any atom is 0.258 e. The third-order valence-corrected chi connectivity index (χ3v) is 2.54. The van der Waals surface area contributed by atoms with Gasteiger partial charge in [0, 0.05) is 9.26 Å². The van der Waals surface area contributed by atoms with Crippen molar-refractivity contribution < 1.29 is 9.21 Å². The van der Waals surface area contributed by atoms with E-state index in [9.17, 15) is 4.79 Å². The van der Waals surface area contributed by atoms with Crippen molar-refractivity contribution in [2.75, 3.05) is 5.32 Å². The van der Waals surface area contributed by atoms with E-state index >= 15 is 0 Å². The van der Waals surface area contributed by atoms with Gasteiger partial charge in [-0.2, -0.15) is 0 Å². The van der Waals surface area contributed by atoms with Crippen molar-refractivity contribution in [3.05, 3.63) is 52.0 Å². The topological polar surface area (TPSA) is 42.2 Å². The van der Waals surface area contributed by atoms with Crippen molar-refractivity contribution in [1.29, 1.82) is 0 Å². The summed E-state index contributed by atoms with van der Waals surface area (Å²) in [6, 6.07) is 9.24. The minimum atomic E-state index is -0.161. The highest BCUT2D eigenvalue weighted by atomic mass is 127. The lowest BCUT2D eigenvalue weighted by molar-refractivity contribution is 0.102. The van der Waals surface area contributed by atoms with Crippen LogP contribution in [-0.4, -0.2) is 5.91 Å². The van der Waals surface area contributed by atoms with Gasteiger partial charge < -0.3 is 9.73 Å². The monoisotopic (exact) mass is 313 g/mol. The Balaban J connectivity index is 2.13. The van der Waals surface area contributed by atoms with Gasteiger partial charge in [0.2, 0.25) is 0 Å². The first-order valence-electron chi connectivity index (χ1n) is 4.35. The largest absolute Gasteiger partial charge is 0.472 e. The van der Waals surface area contributed by atoms with Gasteiger partial charge in [0.05, 0.1) is 11.8 Å². The molecule has 0 saturated heterocycles. The van der Waals surface area contributed by atoms with Crippen LogP contribution >= 0.6 is 22.6 Å². The predicted octanol–water partition coefficient (Wildman–Crippen LogP) is 3.14. The number of amides is 1. The van der Waals surface area contributed by atoms with Crippen LogP contribution in [0.5, 0.6) is 0 Å². The molecule has 4 heteroatoms. The van der Waals surface area contributed by atoms with Crippen molar-refractivity contribution in [1.82, 2.24) is 0 Å². The molecule has 2 rings (SSSR count). The van der Waals surface area contributed by atoms with Crippen LogP contribution in [0.15, 0.2) is 47.3 Å². The zero-order valence-electron chi connectivity index (χ0n) is 7.74. The molecule has 0 atom stereocenters. The predicted molar refractivity (Wildman–Crippen MR) is 65.8 cm³/mol. The Morgan fingerprint density at radius 2 is 2.20 bits per heavy atom. The Kier molecular flexibility index (Phi) is 3.05. The van der Waals surface area contributed by atoms with E-state index in [0.717, 1.165) is 9.26 Å². The first-order chi connectivity index (χ1) is 7.25. The van der Waals surface area contributed by atoms with Gasteiger partial charge in [-0.05, 0) is 46.9 Å². The van der Waals surface area contributed by atoms with Crippen LogP contribution in [0.2, 0.25) is 0 Å². The summed E-state index contributed by atoms with van der Waals surface area (Å²) in [5.41, 5.74) is 1.31. The molecule has 0 bridgehead atoms. The molecule has 1 amide bonds. The molecule has 0 aliphatic heterocycles. The van der Waals surface area contributed by atoms with E-state index in [0.29, 0.717) is 5.56 Å². The molecule has 0 aliphatic rings. The first-order valence-corrected chi connectivity index (χ1v) is 5.43. The molecule has 0 unspecified atom stereocenters. The summed E-state index contributed by atoms with van der Waals surface area (Å²) in [6.07, 6.45) is 2.90. The van der Waals surface area contributed by atoms with Gasteiger partial charge >= 0.3 is 0 Å². The van der Waals surface area contributed by atoms with Crippen molar-refractivity contribution in [2.45, 2.75) is 0 Å². The molecule has 1 aromatic heterocycles. The molecule has 0 saturated carbocycles. The number of hydrogen-bond acceptors (Lipinski definition) is 2. The van der Waals surface area contributed by atoms with Gasteiger partial charge in [-0.15, -0.1) is 0 Å². The summed E-state index contributed by atoms with van der Waals surface area (Å²) in [4.78, 5) is 11.6. The van der Waals surface area contributed by atoms with Crippen LogP contribution in [-0.2, 0) is 0 Å². The fourth-order valence-corrected chi connectivity index (χ4v) is 1.71. The highest BCUT2D eigenvalue weighted by molar-refractivity contribution is 14.1. The number of furan rings is 1. The van der Waals surface area contributed by atoms with E-state index in [-0.39, 0.29) is 5.91 Å². The Hall–Kier alpha value is -1.30. The number of halogens is 1. The highest BCUT2D eigenvalue weighted by Gasteiger charge is 2.06. The summed E-state index contributed by atoms with van der Waals surface area (Å²) >= 11 is 2.20. The number of carbonyl (C=O) groups is 1. The molecular weight excluding hydrogens is 305 g/mol. The summed E-state index contributed by atoms with van der Waals surface area (Å²) in [5, 5.41) is 2.78. The fraction of sp³-hybridized carbons (Fsp3) is 0. The number of carbonyl (C=O) groups excluding carboxylic acids is 1. The minimum absolute atomic E-state index is 0.161. The molecule has 15 heavy (non-hydrogen) atoms. The average Bonchev–Trinajstić information content (AvgIpc) is 2.70. The Morgan fingerprint density at radius 1 is 1.33 bits per heavy atom. The third kappa shape index (κ3) is 2.59. The van der Waals surface area contributed by atoms with Crippen LogP contribution in [0.4, 0.5) is 5.69 Å². The maximum absolute atomic E-state index is 11.6. The molecule has 0 fully saturated rings. The van der Waals surface area contributed by atoms with E-state index in [4.69, 9.17) is 4.42 Å². The van der Waals surface area contributed by atoms with Gasteiger partial charge in [-0.3, -0.25) is 4.79 Å². The average molecular weight is 313 g/mol. The SMILES string of the molecule is O=C(Nc1cccc(I)c1)c1ccoc1. The fourth-order valence-electron chi connectivity index (χ4n) is 1.16. The number of benzene rings is 1. The number of nitrogens with one attached hydrogen (secondary N) is 1. The Labute approximate surface area is 101 Å². The van der Waals surface area contributed by atoms with Gasteiger partial charge in [-0.1, -0.05) is 6.07 Å². The second-order valence-electron chi connectivity index (χ2n) is 2.98. The molecule has 2 aromatic rings. The lowest BCUT2D eigenvalue weighted by Gasteiger charge is -2.03. The molecule has 76 valence electrons.